The van der Waals surface area contributed by atoms with Crippen molar-refractivity contribution in [2.24, 2.45) is 11.8 Å². The molecule has 0 aromatic carbocycles. The van der Waals surface area contributed by atoms with Crippen LogP contribution in [-0.2, 0) is 4.79 Å². The molecule has 0 aliphatic heterocycles. The summed E-state index contributed by atoms with van der Waals surface area (Å²) in [6, 6.07) is 0.602. The zero-order chi connectivity index (χ0) is 12.8. The van der Waals surface area contributed by atoms with Crippen molar-refractivity contribution in [3.05, 3.63) is 0 Å². The number of carboxylic acids is 1. The van der Waals surface area contributed by atoms with Gasteiger partial charge < -0.3 is 5.11 Å². The molecule has 0 amide bonds. The van der Waals surface area contributed by atoms with Crippen molar-refractivity contribution in [1.29, 1.82) is 0 Å². The molecule has 3 unspecified atom stereocenters. The Balaban J connectivity index is 2.59. The average molecular weight is 241 g/mol. The topological polar surface area (TPSA) is 40.5 Å². The summed E-state index contributed by atoms with van der Waals surface area (Å²) in [4.78, 5) is 13.4. The minimum absolute atomic E-state index is 0.254. The van der Waals surface area contributed by atoms with Crippen molar-refractivity contribution >= 4 is 5.97 Å². The summed E-state index contributed by atoms with van der Waals surface area (Å²) in [7, 11) is 0. The number of carbonyl (C=O) groups is 1. The minimum atomic E-state index is -0.672. The first-order chi connectivity index (χ1) is 8.06. The molecule has 0 radical (unpaired) electrons. The fraction of sp³-hybridized carbons (Fsp3) is 0.929. The first-order valence-corrected chi connectivity index (χ1v) is 7.03. The first-order valence-electron chi connectivity index (χ1n) is 7.03. The van der Waals surface area contributed by atoms with Crippen LogP contribution in [0.4, 0.5) is 0 Å². The van der Waals surface area contributed by atoms with Gasteiger partial charge in [0.15, 0.2) is 0 Å². The van der Waals surface area contributed by atoms with Crippen LogP contribution in [0.2, 0.25) is 0 Å². The van der Waals surface area contributed by atoms with Gasteiger partial charge in [0.25, 0.3) is 0 Å². The van der Waals surface area contributed by atoms with Crippen LogP contribution < -0.4 is 0 Å². The number of nitrogens with zero attached hydrogens (tertiary/aromatic N) is 1. The molecule has 1 fully saturated rings. The third-order valence-corrected chi connectivity index (χ3v) is 3.98. The van der Waals surface area contributed by atoms with E-state index in [1.54, 1.807) is 0 Å². The molecule has 0 aromatic rings. The quantitative estimate of drug-likeness (QED) is 0.777. The van der Waals surface area contributed by atoms with Crippen molar-refractivity contribution in [3.63, 3.8) is 0 Å². The van der Waals surface area contributed by atoms with Gasteiger partial charge in [-0.1, -0.05) is 33.6 Å². The van der Waals surface area contributed by atoms with Crippen LogP contribution in [0.15, 0.2) is 0 Å². The lowest BCUT2D eigenvalue weighted by Crippen LogP contribution is -2.45. The Morgan fingerprint density at radius 3 is 2.59 bits per heavy atom. The summed E-state index contributed by atoms with van der Waals surface area (Å²) >= 11 is 0. The Labute approximate surface area is 105 Å². The van der Waals surface area contributed by atoms with Crippen molar-refractivity contribution in [2.75, 3.05) is 13.1 Å². The molecule has 1 aliphatic rings. The van der Waals surface area contributed by atoms with Crippen LogP contribution in [0.5, 0.6) is 0 Å². The van der Waals surface area contributed by atoms with Crippen LogP contribution in [0.25, 0.3) is 0 Å². The molecule has 1 saturated carbocycles. The van der Waals surface area contributed by atoms with Gasteiger partial charge in [0.05, 0.1) is 5.92 Å². The zero-order valence-electron chi connectivity index (χ0n) is 11.5. The predicted octanol–water partition coefficient (Wildman–Crippen LogP) is 3.00. The summed E-state index contributed by atoms with van der Waals surface area (Å²) in [5.74, 6) is -0.207. The van der Waals surface area contributed by atoms with Crippen LogP contribution in [0.1, 0.15) is 52.9 Å². The van der Waals surface area contributed by atoms with Crippen molar-refractivity contribution in [3.8, 4) is 0 Å². The highest BCUT2D eigenvalue weighted by Crippen LogP contribution is 2.28. The highest BCUT2D eigenvalue weighted by molar-refractivity contribution is 5.69. The molecule has 3 nitrogen and oxygen atoms in total. The van der Waals surface area contributed by atoms with Gasteiger partial charge in [-0.15, -0.1) is 0 Å². The van der Waals surface area contributed by atoms with Crippen molar-refractivity contribution in [1.82, 2.24) is 4.90 Å². The fourth-order valence-corrected chi connectivity index (χ4v) is 2.95. The van der Waals surface area contributed by atoms with Crippen molar-refractivity contribution < 1.29 is 9.90 Å². The summed E-state index contributed by atoms with van der Waals surface area (Å²) in [6.45, 7) is 8.05. The van der Waals surface area contributed by atoms with Crippen molar-refractivity contribution in [2.45, 2.75) is 58.9 Å². The van der Waals surface area contributed by atoms with E-state index < -0.39 is 5.97 Å². The second-order valence-corrected chi connectivity index (χ2v) is 5.56. The third-order valence-electron chi connectivity index (χ3n) is 3.98. The lowest BCUT2D eigenvalue weighted by atomic mass is 9.84. The summed E-state index contributed by atoms with van der Waals surface area (Å²) in [5, 5.41) is 9.04. The minimum Gasteiger partial charge on any atom is -0.481 e. The Kier molecular flexibility index (Phi) is 5.96. The van der Waals surface area contributed by atoms with E-state index in [0.717, 1.165) is 18.9 Å². The molecular weight excluding hydrogens is 214 g/mol. The van der Waals surface area contributed by atoms with Gasteiger partial charge in [-0.2, -0.15) is 0 Å². The van der Waals surface area contributed by atoms with Gasteiger partial charge in [-0.3, -0.25) is 9.69 Å². The lowest BCUT2D eigenvalue weighted by Gasteiger charge is -2.39. The number of aliphatic carboxylic acids is 1. The molecule has 1 N–H and O–H groups in total. The van der Waals surface area contributed by atoms with E-state index in [4.69, 9.17) is 5.11 Å². The molecule has 1 aliphatic carbocycles. The van der Waals surface area contributed by atoms with E-state index in [1.807, 2.05) is 6.92 Å². The van der Waals surface area contributed by atoms with Gasteiger partial charge in [0.2, 0.25) is 0 Å². The molecular formula is C14H27NO2. The number of rotatable bonds is 6. The first kappa shape index (κ1) is 14.5. The lowest BCUT2D eigenvalue weighted by molar-refractivity contribution is -0.142. The maximum Gasteiger partial charge on any atom is 0.307 e. The van der Waals surface area contributed by atoms with E-state index >= 15 is 0 Å². The highest BCUT2D eigenvalue weighted by Gasteiger charge is 2.28. The summed E-state index contributed by atoms with van der Waals surface area (Å²) in [5.41, 5.74) is 0. The smallest absolute Gasteiger partial charge is 0.307 e. The molecule has 0 aromatic heterocycles. The maximum atomic E-state index is 11.0. The fourth-order valence-electron chi connectivity index (χ4n) is 2.95. The number of hydrogen-bond donors (Lipinski definition) is 1. The standard InChI is InChI=1S/C14H27NO2/c1-4-9-15(10-12(3)14(16)17)13-8-6-5-7-11(13)2/h11-13H,4-10H2,1-3H3,(H,16,17). The predicted molar refractivity (Wildman–Crippen MR) is 70.1 cm³/mol. The molecule has 17 heavy (non-hydrogen) atoms. The van der Waals surface area contributed by atoms with E-state index in [-0.39, 0.29) is 5.92 Å². The second kappa shape index (κ2) is 7.00. The normalized spacial score (nSPS) is 27.1. The van der Waals surface area contributed by atoms with Gasteiger partial charge in [0, 0.05) is 12.6 Å². The molecule has 0 spiro atoms. The van der Waals surface area contributed by atoms with Gasteiger partial charge in [0.1, 0.15) is 0 Å². The van der Waals surface area contributed by atoms with E-state index in [0.29, 0.717) is 12.6 Å². The van der Waals surface area contributed by atoms with Crippen LogP contribution in [0, 0.1) is 11.8 Å². The number of hydrogen-bond acceptors (Lipinski definition) is 2. The Bertz CT molecular complexity index is 242. The maximum absolute atomic E-state index is 11.0. The highest BCUT2D eigenvalue weighted by atomic mass is 16.4. The SMILES string of the molecule is CCCN(CC(C)C(=O)O)C1CCCCC1C. The van der Waals surface area contributed by atoms with E-state index in [2.05, 4.69) is 18.7 Å². The van der Waals surface area contributed by atoms with Crippen LogP contribution >= 0.6 is 0 Å². The van der Waals surface area contributed by atoms with E-state index in [1.165, 1.54) is 25.7 Å². The van der Waals surface area contributed by atoms with Gasteiger partial charge in [-0.05, 0) is 31.7 Å². The Morgan fingerprint density at radius 1 is 1.41 bits per heavy atom. The average Bonchev–Trinajstić information content (AvgIpc) is 2.29. The number of carboxylic acid groups (broad SMARTS) is 1. The summed E-state index contributed by atoms with van der Waals surface area (Å²) in [6.07, 6.45) is 6.29. The molecule has 0 heterocycles. The van der Waals surface area contributed by atoms with Crippen LogP contribution in [0.3, 0.4) is 0 Å². The molecule has 3 atom stereocenters. The second-order valence-electron chi connectivity index (χ2n) is 5.56. The molecule has 1 rings (SSSR count). The van der Waals surface area contributed by atoms with Gasteiger partial charge in [-0.25, -0.2) is 0 Å². The molecule has 100 valence electrons. The third kappa shape index (κ3) is 4.30. The van der Waals surface area contributed by atoms with Gasteiger partial charge >= 0.3 is 5.97 Å². The Morgan fingerprint density at radius 2 is 2.06 bits per heavy atom. The monoisotopic (exact) mass is 241 g/mol. The molecule has 3 heteroatoms. The van der Waals surface area contributed by atoms with E-state index in [9.17, 15) is 4.79 Å². The van der Waals surface area contributed by atoms with Crippen LogP contribution in [-0.4, -0.2) is 35.1 Å². The molecule has 0 saturated heterocycles. The largest absolute Gasteiger partial charge is 0.481 e. The zero-order valence-corrected chi connectivity index (χ0v) is 11.5. The Hall–Kier alpha value is -0.570. The molecule has 0 bridgehead atoms. The summed E-state index contributed by atoms with van der Waals surface area (Å²) < 4.78 is 0.